The van der Waals surface area contributed by atoms with Crippen LogP contribution in [0.25, 0.3) is 0 Å². The number of benzene rings is 2. The second-order valence-electron chi connectivity index (χ2n) is 8.37. The fourth-order valence-electron chi connectivity index (χ4n) is 3.49. The summed E-state index contributed by atoms with van der Waals surface area (Å²) in [6.45, 7) is 11.6. The van der Waals surface area contributed by atoms with Gasteiger partial charge in [-0.15, -0.1) is 0 Å². The van der Waals surface area contributed by atoms with Gasteiger partial charge in [0, 0.05) is 37.4 Å². The molecular weight excluding hydrogens is 364 g/mol. The maximum Gasteiger partial charge on any atom is 0.338 e. The van der Waals surface area contributed by atoms with E-state index in [4.69, 9.17) is 4.74 Å². The normalized spacial score (nSPS) is 14.6. The van der Waals surface area contributed by atoms with Crippen molar-refractivity contribution in [2.75, 3.05) is 37.7 Å². The molecule has 2 aromatic rings. The smallest absolute Gasteiger partial charge is 0.338 e. The summed E-state index contributed by atoms with van der Waals surface area (Å²) in [6, 6.07) is 15.4. The third-order valence-electron chi connectivity index (χ3n) is 5.31. The molecule has 0 aliphatic carbocycles. The Morgan fingerprint density at radius 3 is 1.93 bits per heavy atom. The van der Waals surface area contributed by atoms with Crippen molar-refractivity contribution in [2.45, 2.75) is 33.1 Å². The highest BCUT2D eigenvalue weighted by Gasteiger charge is 2.23. The average Bonchev–Trinajstić information content (AvgIpc) is 2.73. The Kier molecular flexibility index (Phi) is 6.26. The van der Waals surface area contributed by atoms with Gasteiger partial charge in [-0.2, -0.15) is 0 Å². The van der Waals surface area contributed by atoms with Crippen molar-refractivity contribution in [1.82, 2.24) is 4.90 Å². The van der Waals surface area contributed by atoms with Crippen molar-refractivity contribution in [1.29, 1.82) is 0 Å². The molecule has 5 nitrogen and oxygen atoms in total. The minimum atomic E-state index is -0.299. The van der Waals surface area contributed by atoms with Crippen LogP contribution in [-0.2, 0) is 10.2 Å². The molecule has 1 fully saturated rings. The monoisotopic (exact) mass is 394 g/mol. The fraction of sp³-hybridized carbons (Fsp3) is 0.417. The molecule has 0 aromatic heterocycles. The number of carbonyl (C=O) groups excluding carboxylic acids is 2. The first kappa shape index (κ1) is 20.9. The van der Waals surface area contributed by atoms with E-state index in [2.05, 4.69) is 37.8 Å². The molecule has 5 heteroatoms. The molecule has 1 aliphatic heterocycles. The summed E-state index contributed by atoms with van der Waals surface area (Å²) in [5.74, 6) is -0.213. The number of amides is 1. The number of hydrogen-bond donors (Lipinski definition) is 0. The Morgan fingerprint density at radius 2 is 1.41 bits per heavy atom. The van der Waals surface area contributed by atoms with Crippen molar-refractivity contribution < 1.29 is 14.3 Å². The Morgan fingerprint density at radius 1 is 0.862 bits per heavy atom. The molecule has 0 saturated carbocycles. The standard InChI is InChI=1S/C24H30N2O3/c1-5-29-23(28)19-8-12-21(13-9-19)25-14-16-26(17-15-25)22(27)18-6-10-20(11-7-18)24(2,3)4/h6-13H,5,14-17H2,1-4H3. The van der Waals surface area contributed by atoms with Gasteiger partial charge in [0.1, 0.15) is 0 Å². The predicted molar refractivity (Wildman–Crippen MR) is 116 cm³/mol. The van der Waals surface area contributed by atoms with Crippen LogP contribution in [0.1, 0.15) is 54.0 Å². The summed E-state index contributed by atoms with van der Waals surface area (Å²) in [5.41, 5.74) is 3.66. The number of ether oxygens (including phenoxy) is 1. The van der Waals surface area contributed by atoms with Crippen LogP contribution < -0.4 is 4.90 Å². The number of hydrogen-bond acceptors (Lipinski definition) is 4. The number of esters is 1. The lowest BCUT2D eigenvalue weighted by molar-refractivity contribution is 0.0526. The Bertz CT molecular complexity index is 843. The van der Waals surface area contributed by atoms with E-state index in [1.54, 1.807) is 19.1 Å². The highest BCUT2D eigenvalue weighted by molar-refractivity contribution is 5.94. The summed E-state index contributed by atoms with van der Waals surface area (Å²) in [6.07, 6.45) is 0. The minimum Gasteiger partial charge on any atom is -0.462 e. The van der Waals surface area contributed by atoms with Crippen molar-refractivity contribution in [3.8, 4) is 0 Å². The van der Waals surface area contributed by atoms with Crippen LogP contribution in [0.3, 0.4) is 0 Å². The molecule has 1 aliphatic rings. The third-order valence-corrected chi connectivity index (χ3v) is 5.31. The van der Waals surface area contributed by atoms with Crippen LogP contribution in [0.15, 0.2) is 48.5 Å². The van der Waals surface area contributed by atoms with E-state index in [1.807, 2.05) is 29.2 Å². The van der Waals surface area contributed by atoms with Crippen LogP contribution in [0.2, 0.25) is 0 Å². The largest absolute Gasteiger partial charge is 0.462 e. The lowest BCUT2D eigenvalue weighted by Gasteiger charge is -2.36. The zero-order chi connectivity index (χ0) is 21.0. The number of nitrogens with zero attached hydrogens (tertiary/aromatic N) is 2. The van der Waals surface area contributed by atoms with Gasteiger partial charge in [0.15, 0.2) is 0 Å². The lowest BCUT2D eigenvalue weighted by Crippen LogP contribution is -2.48. The van der Waals surface area contributed by atoms with Crippen molar-refractivity contribution in [2.24, 2.45) is 0 Å². The van der Waals surface area contributed by atoms with Gasteiger partial charge in [0.05, 0.1) is 12.2 Å². The quantitative estimate of drug-likeness (QED) is 0.732. The van der Waals surface area contributed by atoms with E-state index in [1.165, 1.54) is 5.56 Å². The van der Waals surface area contributed by atoms with Crippen molar-refractivity contribution >= 4 is 17.6 Å². The molecule has 0 spiro atoms. The lowest BCUT2D eigenvalue weighted by atomic mass is 9.86. The second kappa shape index (κ2) is 8.68. The molecule has 0 unspecified atom stereocenters. The first-order chi connectivity index (χ1) is 13.8. The van der Waals surface area contributed by atoms with Gasteiger partial charge in [-0.3, -0.25) is 4.79 Å². The van der Waals surface area contributed by atoms with Gasteiger partial charge >= 0.3 is 5.97 Å². The van der Waals surface area contributed by atoms with E-state index >= 15 is 0 Å². The van der Waals surface area contributed by atoms with E-state index in [0.29, 0.717) is 25.3 Å². The van der Waals surface area contributed by atoms with Gasteiger partial charge in [-0.1, -0.05) is 32.9 Å². The van der Waals surface area contributed by atoms with Gasteiger partial charge in [-0.05, 0) is 54.3 Å². The summed E-state index contributed by atoms with van der Waals surface area (Å²) in [4.78, 5) is 28.8. The molecule has 0 radical (unpaired) electrons. The molecule has 154 valence electrons. The second-order valence-corrected chi connectivity index (χ2v) is 8.37. The van der Waals surface area contributed by atoms with E-state index in [9.17, 15) is 9.59 Å². The van der Waals surface area contributed by atoms with Crippen LogP contribution in [0.5, 0.6) is 0 Å². The Labute approximate surface area is 173 Å². The zero-order valence-corrected chi connectivity index (χ0v) is 17.8. The third kappa shape index (κ3) is 4.97. The van der Waals surface area contributed by atoms with E-state index < -0.39 is 0 Å². The summed E-state index contributed by atoms with van der Waals surface area (Å²) < 4.78 is 5.02. The summed E-state index contributed by atoms with van der Waals surface area (Å²) in [5, 5.41) is 0. The topological polar surface area (TPSA) is 49.9 Å². The molecule has 2 aromatic carbocycles. The summed E-state index contributed by atoms with van der Waals surface area (Å²) in [7, 11) is 0. The molecule has 0 bridgehead atoms. The average molecular weight is 395 g/mol. The first-order valence-electron chi connectivity index (χ1n) is 10.2. The Balaban J connectivity index is 1.58. The highest BCUT2D eigenvalue weighted by Crippen LogP contribution is 2.23. The van der Waals surface area contributed by atoms with Crippen LogP contribution in [-0.4, -0.2) is 49.6 Å². The molecule has 29 heavy (non-hydrogen) atoms. The Hall–Kier alpha value is -2.82. The maximum atomic E-state index is 12.8. The predicted octanol–water partition coefficient (Wildman–Crippen LogP) is 4.12. The zero-order valence-electron chi connectivity index (χ0n) is 17.8. The number of anilines is 1. The number of carbonyl (C=O) groups is 2. The molecule has 0 N–H and O–H groups in total. The number of piperazine rings is 1. The van der Waals surface area contributed by atoms with Crippen LogP contribution in [0.4, 0.5) is 5.69 Å². The molecule has 0 atom stereocenters. The maximum absolute atomic E-state index is 12.8. The fourth-order valence-corrected chi connectivity index (χ4v) is 3.49. The van der Waals surface area contributed by atoms with E-state index in [-0.39, 0.29) is 17.3 Å². The SMILES string of the molecule is CCOC(=O)c1ccc(N2CCN(C(=O)c3ccc(C(C)(C)C)cc3)CC2)cc1. The van der Waals surface area contributed by atoms with Gasteiger partial charge in [0.2, 0.25) is 0 Å². The minimum absolute atomic E-state index is 0.0794. The van der Waals surface area contributed by atoms with E-state index in [0.717, 1.165) is 24.3 Å². The van der Waals surface area contributed by atoms with Gasteiger partial charge in [0.25, 0.3) is 5.91 Å². The van der Waals surface area contributed by atoms with Gasteiger partial charge in [-0.25, -0.2) is 4.79 Å². The molecule has 1 saturated heterocycles. The first-order valence-corrected chi connectivity index (χ1v) is 10.2. The molecule has 3 rings (SSSR count). The number of rotatable bonds is 4. The molecule has 1 heterocycles. The van der Waals surface area contributed by atoms with Crippen molar-refractivity contribution in [3.63, 3.8) is 0 Å². The van der Waals surface area contributed by atoms with Crippen LogP contribution >= 0.6 is 0 Å². The highest BCUT2D eigenvalue weighted by atomic mass is 16.5. The van der Waals surface area contributed by atoms with Crippen LogP contribution in [0, 0.1) is 0 Å². The summed E-state index contributed by atoms with van der Waals surface area (Å²) >= 11 is 0. The molecule has 1 amide bonds. The van der Waals surface area contributed by atoms with Gasteiger partial charge < -0.3 is 14.5 Å². The van der Waals surface area contributed by atoms with Crippen molar-refractivity contribution in [3.05, 3.63) is 65.2 Å². The molecular formula is C24H30N2O3.